The van der Waals surface area contributed by atoms with Gasteiger partial charge in [0.1, 0.15) is 0 Å². The van der Waals surface area contributed by atoms with E-state index in [2.05, 4.69) is 33.9 Å². The van der Waals surface area contributed by atoms with Crippen molar-refractivity contribution < 1.29 is 0 Å². The maximum absolute atomic E-state index is 4.36. The van der Waals surface area contributed by atoms with Crippen LogP contribution in [0.1, 0.15) is 11.1 Å². The molecule has 0 bridgehead atoms. The fourth-order valence-electron chi connectivity index (χ4n) is 1.11. The van der Waals surface area contributed by atoms with E-state index in [0.29, 0.717) is 0 Å². The second-order valence-corrected chi connectivity index (χ2v) is 3.77. The predicted molar refractivity (Wildman–Crippen MR) is 46.0 cm³/mol. The summed E-state index contributed by atoms with van der Waals surface area (Å²) in [7, 11) is 0. The zero-order chi connectivity index (χ0) is 7.84. The first-order valence-corrected chi connectivity index (χ1v) is 5.01. The van der Waals surface area contributed by atoms with Crippen LogP contribution < -0.4 is 0 Å². The van der Waals surface area contributed by atoms with Crippen molar-refractivity contribution in [3.05, 3.63) is 23.3 Å². The molecule has 0 saturated carbocycles. The molecule has 56 valence electrons. The number of aromatic nitrogens is 2. The molecule has 1 aromatic heterocycles. The van der Waals surface area contributed by atoms with Gasteiger partial charge in [-0.2, -0.15) is 0 Å². The molecule has 0 atom stereocenters. The van der Waals surface area contributed by atoms with E-state index in [1.54, 1.807) is 0 Å². The molecule has 1 heterocycles. The summed E-state index contributed by atoms with van der Waals surface area (Å²) in [5.41, 5.74) is 4.72. The number of aryl methyl sites for hydroxylation is 2. The molecule has 2 nitrogen and oxygen atoms in total. The Morgan fingerprint density at radius 2 is 1.45 bits per heavy atom. The average molecular weight is 211 g/mol. The van der Waals surface area contributed by atoms with E-state index in [1.165, 1.54) is 11.1 Å². The van der Waals surface area contributed by atoms with Crippen molar-refractivity contribution >= 4 is 26.0 Å². The van der Waals surface area contributed by atoms with Crippen LogP contribution in [0.5, 0.6) is 0 Å². The first kappa shape index (κ1) is 7.01. The third-order valence-corrected chi connectivity index (χ3v) is 2.93. The number of hydrogen-bond donors (Lipinski definition) is 0. The van der Waals surface area contributed by atoms with Crippen LogP contribution >= 0.6 is 0 Å². The van der Waals surface area contributed by atoms with Crippen LogP contribution in [-0.4, -0.2) is 22.9 Å². The predicted octanol–water partition coefficient (Wildman–Crippen LogP) is 1.30. The van der Waals surface area contributed by atoms with Gasteiger partial charge in [-0.3, -0.25) is 0 Å². The van der Waals surface area contributed by atoms with E-state index < -0.39 is 0 Å². The number of fused-ring (bicyclic) bond motifs is 1. The summed E-state index contributed by atoms with van der Waals surface area (Å²) in [6.07, 6.45) is 0. The van der Waals surface area contributed by atoms with E-state index in [0.717, 1.165) is 11.0 Å². The van der Waals surface area contributed by atoms with Crippen molar-refractivity contribution in [2.24, 2.45) is 0 Å². The van der Waals surface area contributed by atoms with Crippen molar-refractivity contribution in [2.75, 3.05) is 0 Å². The molecule has 0 amide bonds. The SMILES string of the molecule is Cc1ccc(C)c2n[se]nc12. The van der Waals surface area contributed by atoms with Gasteiger partial charge >= 0.3 is 71.1 Å². The zero-order valence-electron chi connectivity index (χ0n) is 6.46. The molecule has 0 aliphatic heterocycles. The summed E-state index contributed by atoms with van der Waals surface area (Å²) in [5, 5.41) is 0. The third-order valence-electron chi connectivity index (χ3n) is 1.82. The minimum atomic E-state index is 0.110. The number of hydrogen-bond acceptors (Lipinski definition) is 2. The van der Waals surface area contributed by atoms with Crippen molar-refractivity contribution in [1.82, 2.24) is 7.96 Å². The first-order valence-electron chi connectivity index (χ1n) is 3.47. The van der Waals surface area contributed by atoms with E-state index in [9.17, 15) is 0 Å². The Morgan fingerprint density at radius 1 is 1.00 bits per heavy atom. The molecule has 11 heavy (non-hydrogen) atoms. The molecule has 0 spiro atoms. The quantitative estimate of drug-likeness (QED) is 0.614. The summed E-state index contributed by atoms with van der Waals surface area (Å²) < 4.78 is 8.71. The van der Waals surface area contributed by atoms with Gasteiger partial charge in [-0.25, -0.2) is 0 Å². The molecule has 1 aromatic carbocycles. The Morgan fingerprint density at radius 3 is 1.91 bits per heavy atom. The first-order chi connectivity index (χ1) is 5.29. The molecule has 0 fully saturated rings. The minimum absolute atomic E-state index is 0.110. The van der Waals surface area contributed by atoms with Crippen molar-refractivity contribution in [1.29, 1.82) is 0 Å². The van der Waals surface area contributed by atoms with Crippen LogP contribution in [-0.2, 0) is 0 Å². The zero-order valence-corrected chi connectivity index (χ0v) is 8.17. The van der Waals surface area contributed by atoms with Crippen LogP contribution in [0.15, 0.2) is 12.1 Å². The van der Waals surface area contributed by atoms with Crippen LogP contribution in [0.25, 0.3) is 11.0 Å². The molecule has 0 saturated heterocycles. The fourth-order valence-corrected chi connectivity index (χ4v) is 2.51. The van der Waals surface area contributed by atoms with Gasteiger partial charge in [0, 0.05) is 0 Å². The van der Waals surface area contributed by atoms with E-state index >= 15 is 0 Å². The number of rotatable bonds is 0. The van der Waals surface area contributed by atoms with E-state index in [1.807, 2.05) is 0 Å². The summed E-state index contributed by atoms with van der Waals surface area (Å²) in [5.74, 6) is 0. The molecule has 3 heteroatoms. The fraction of sp³-hybridized carbons (Fsp3) is 0.250. The summed E-state index contributed by atoms with van der Waals surface area (Å²) in [6.45, 7) is 4.16. The van der Waals surface area contributed by atoms with Gasteiger partial charge in [0.05, 0.1) is 0 Å². The third kappa shape index (κ3) is 1.01. The molecule has 0 aliphatic carbocycles. The Balaban J connectivity index is 2.96. The Hall–Kier alpha value is -0.661. The van der Waals surface area contributed by atoms with Gasteiger partial charge in [0.25, 0.3) is 0 Å². The van der Waals surface area contributed by atoms with Crippen LogP contribution in [0, 0.1) is 13.8 Å². The molecule has 0 aliphatic rings. The second-order valence-electron chi connectivity index (χ2n) is 2.66. The van der Waals surface area contributed by atoms with Crippen molar-refractivity contribution in [3.8, 4) is 0 Å². The number of benzene rings is 1. The molecule has 0 unspecified atom stereocenters. The second kappa shape index (κ2) is 2.43. The molecular formula is C8H8N2Se. The summed E-state index contributed by atoms with van der Waals surface area (Å²) >= 11 is 0.110. The summed E-state index contributed by atoms with van der Waals surface area (Å²) in [4.78, 5) is 0. The van der Waals surface area contributed by atoms with E-state index in [-0.39, 0.29) is 15.0 Å². The normalized spacial score (nSPS) is 10.7. The Bertz CT molecular complexity index is 356. The van der Waals surface area contributed by atoms with Gasteiger partial charge < -0.3 is 0 Å². The Labute approximate surface area is 71.5 Å². The molecule has 0 radical (unpaired) electrons. The van der Waals surface area contributed by atoms with Gasteiger partial charge in [0.2, 0.25) is 0 Å². The molecular weight excluding hydrogens is 203 g/mol. The van der Waals surface area contributed by atoms with Crippen molar-refractivity contribution in [3.63, 3.8) is 0 Å². The standard InChI is InChI=1S/C8H8N2Se/c1-5-3-4-6(2)8-7(5)9-11-10-8/h3-4H,1-2H3. The molecule has 0 N–H and O–H groups in total. The monoisotopic (exact) mass is 212 g/mol. The topological polar surface area (TPSA) is 25.8 Å². The van der Waals surface area contributed by atoms with Crippen LogP contribution in [0.2, 0.25) is 0 Å². The van der Waals surface area contributed by atoms with Gasteiger partial charge in [-0.15, -0.1) is 0 Å². The molecule has 2 rings (SSSR count). The van der Waals surface area contributed by atoms with Crippen molar-refractivity contribution in [2.45, 2.75) is 13.8 Å². The molecule has 2 aromatic rings. The summed E-state index contributed by atoms with van der Waals surface area (Å²) in [6, 6.07) is 4.21. The van der Waals surface area contributed by atoms with Crippen LogP contribution in [0.3, 0.4) is 0 Å². The van der Waals surface area contributed by atoms with Gasteiger partial charge in [-0.05, 0) is 0 Å². The maximum atomic E-state index is 4.36. The van der Waals surface area contributed by atoms with Crippen LogP contribution in [0.4, 0.5) is 0 Å². The Kier molecular flexibility index (Phi) is 1.55. The van der Waals surface area contributed by atoms with Gasteiger partial charge in [0.15, 0.2) is 0 Å². The van der Waals surface area contributed by atoms with Gasteiger partial charge in [-0.1, -0.05) is 0 Å². The average Bonchev–Trinajstić information content (AvgIpc) is 2.45. The number of nitrogens with zero attached hydrogens (tertiary/aromatic N) is 2. The van der Waals surface area contributed by atoms with E-state index in [4.69, 9.17) is 0 Å².